The Morgan fingerprint density at radius 2 is 0.521 bits per heavy atom. The van der Waals surface area contributed by atoms with E-state index >= 15 is 0 Å². The van der Waals surface area contributed by atoms with Crippen molar-refractivity contribution in [3.05, 3.63) is 374 Å². The number of fused-ring (bicyclic) bond motifs is 31. The first-order chi connectivity index (χ1) is 70.8. The molecule has 0 aliphatic heterocycles. The van der Waals surface area contributed by atoms with Crippen molar-refractivity contribution in [1.82, 2.24) is 0 Å². The van der Waals surface area contributed by atoms with Crippen molar-refractivity contribution in [2.75, 3.05) is 4.90 Å². The fourth-order valence-corrected chi connectivity index (χ4v) is 29.8. The van der Waals surface area contributed by atoms with Crippen LogP contribution in [-0.4, -0.2) is 0 Å². The molecule has 2 heterocycles. The molecule has 7 aliphatic rings. The molecule has 0 unspecified atom stereocenters. The molecule has 0 fully saturated rings. The van der Waals surface area contributed by atoms with Gasteiger partial charge in [0.25, 0.3) is 0 Å². The summed E-state index contributed by atoms with van der Waals surface area (Å²) < 4.78 is 14.8. The van der Waals surface area contributed by atoms with E-state index in [1.807, 2.05) is 0 Å². The van der Waals surface area contributed by atoms with Crippen LogP contribution in [0.25, 0.3) is 166 Å². The number of nitrogens with zero attached hydrogens (tertiary/aromatic N) is 1. The summed E-state index contributed by atoms with van der Waals surface area (Å²) in [5.41, 5.74) is 56.6. The molecule has 0 spiro atoms. The van der Waals surface area contributed by atoms with Gasteiger partial charge in [-0.1, -0.05) is 426 Å². The molecule has 732 valence electrons. The molecule has 0 saturated heterocycles. The molecule has 3 nitrogen and oxygen atoms in total. The Balaban J connectivity index is 0.541. The van der Waals surface area contributed by atoms with Crippen LogP contribution in [0, 0.1) is 13.8 Å². The first kappa shape index (κ1) is 93.9. The summed E-state index contributed by atoms with van der Waals surface area (Å²) in [6, 6.07) is 113. The summed E-state index contributed by atoms with van der Waals surface area (Å²) in [5, 5.41) is 4.69. The van der Waals surface area contributed by atoms with Crippen molar-refractivity contribution in [3.8, 4) is 122 Å². The van der Waals surface area contributed by atoms with Gasteiger partial charge in [-0.05, 0) is 325 Å². The van der Waals surface area contributed by atoms with Gasteiger partial charge in [-0.15, -0.1) is 0 Å². The number of anilines is 3. The minimum atomic E-state index is -0.462. The van der Waals surface area contributed by atoms with Gasteiger partial charge in [-0.25, -0.2) is 0 Å². The molecule has 0 saturated carbocycles. The van der Waals surface area contributed by atoms with Gasteiger partial charge in [-0.2, -0.15) is 0 Å². The fourth-order valence-electron chi connectivity index (χ4n) is 29.8. The zero-order valence-corrected chi connectivity index (χ0v) is 89.4. The Morgan fingerprint density at radius 3 is 0.952 bits per heavy atom. The molecular weight excluding hydrogens is 1760 g/mol. The quantitative estimate of drug-likeness (QED) is 0.0406. The number of hydrogen-bond acceptors (Lipinski definition) is 3. The molecule has 146 heavy (non-hydrogen) atoms. The lowest BCUT2D eigenvalue weighted by Gasteiger charge is -2.33. The lowest BCUT2D eigenvalue weighted by molar-refractivity contribution is 0.399. The Bertz CT molecular complexity index is 8320. The number of aryl methyl sites for hydroxylation is 2. The lowest BCUT2D eigenvalue weighted by atomic mass is 9.70. The average molecular weight is 1910 g/mol. The van der Waals surface area contributed by atoms with Crippen LogP contribution in [0.3, 0.4) is 0 Å². The second kappa shape index (κ2) is 35.6. The summed E-state index contributed by atoms with van der Waals surface area (Å²) in [5.74, 6) is 0. The van der Waals surface area contributed by atoms with Crippen LogP contribution in [0.4, 0.5) is 17.1 Å². The van der Waals surface area contributed by atoms with Crippen LogP contribution >= 0.6 is 0 Å². The van der Waals surface area contributed by atoms with Gasteiger partial charge in [0, 0.05) is 82.0 Å². The first-order valence-corrected chi connectivity index (χ1v) is 56.3. The van der Waals surface area contributed by atoms with Crippen LogP contribution in [0.5, 0.6) is 0 Å². The smallest absolute Gasteiger partial charge is 0.144 e. The average Bonchev–Trinajstić information content (AvgIpc) is 1.49. The van der Waals surface area contributed by atoms with E-state index in [4.69, 9.17) is 8.83 Å². The van der Waals surface area contributed by atoms with Crippen LogP contribution in [0.15, 0.2) is 294 Å². The summed E-state index contributed by atoms with van der Waals surface area (Å²) in [4.78, 5) is 2.59. The second-order valence-corrected chi connectivity index (χ2v) is 47.8. The van der Waals surface area contributed by atoms with E-state index in [9.17, 15) is 0 Å². The maximum absolute atomic E-state index is 7.45. The van der Waals surface area contributed by atoms with Crippen molar-refractivity contribution in [2.45, 2.75) is 303 Å². The molecule has 0 atom stereocenters. The molecule has 16 aromatic carbocycles. The SMILES string of the molecule is CCCCCCCC1(CCCCCCC)c2ccccc2-c2ccc(-c3ccc4c(c3)C(C)(C)c3cc(-c5ccc6c(c5)C(C)(C)c5c7c(c8oc9ccccc9c8c5-6)-c5ccc(N(c6ccc8c(c6)C(C)(C)c6cc(-c9ccc%10c(c9)C(C)(C)c9cc(-c%11ccc%12c(c%11)C(CCCCCCC)(CCCCCCC)c%11ccccc%11-%12)ccc9-%10)c9c(oc%10ccccc%109)c6-8)c6c(C)cccc6C)cc5C7(C)C)ccc3-4)cc21. The van der Waals surface area contributed by atoms with E-state index in [0.717, 1.165) is 44.5 Å². The largest absolute Gasteiger partial charge is 0.455 e. The summed E-state index contributed by atoms with van der Waals surface area (Å²) in [6.07, 6.45) is 30.8. The third-order valence-electron chi connectivity index (χ3n) is 37.5. The maximum atomic E-state index is 7.45. The topological polar surface area (TPSA) is 29.5 Å². The maximum Gasteiger partial charge on any atom is 0.144 e. The van der Waals surface area contributed by atoms with Gasteiger partial charge < -0.3 is 13.7 Å². The Kier molecular flexibility index (Phi) is 22.9. The standard InChI is InChI=1S/C143H143NO2/c1-17-21-25-29-41-74-142(75-42-30-26-22-18-2)113-52-37-33-48-99(113)105-68-59-94(82-122(105)142)91-57-66-102-101-65-56-90(78-115(101)137(7,8)116(102)79-91)93-61-71-108-119(81-93)140(13,14)132-129(108)130-111-51-36-40-55-126(111)146-136(130)131-109-73-64-98(86-121(109)141(15,16)133(131)132)144(134-88(5)46-45-47-89(134)6)97-63-72-107-120(85-97)139(11,12)124-87-112(127-110-50-35-39-54-125(110)145-135(127)128(107)124)96-62-70-104-103-67-58-92(80-117(103)138(9,10)118(104)84-96)95-60-69-106-100-49-34-38-53-114(100)143(123(106)83-95,76-43-31-27-23-19-3)77-44-32-28-24-20-4/h33-40,45-73,78-87H,17-32,41-44,74-77H2,1-16H3. The normalized spacial score (nSPS) is 15.8. The van der Waals surface area contributed by atoms with E-state index in [0.29, 0.717) is 0 Å². The highest BCUT2D eigenvalue weighted by Crippen LogP contribution is 2.67. The highest BCUT2D eigenvalue weighted by Gasteiger charge is 2.52. The highest BCUT2D eigenvalue weighted by molar-refractivity contribution is 6.22. The molecule has 25 rings (SSSR count). The Hall–Kier alpha value is -13.1. The van der Waals surface area contributed by atoms with Crippen LogP contribution in [0.1, 0.15) is 340 Å². The summed E-state index contributed by atoms with van der Waals surface area (Å²) >= 11 is 0. The molecule has 18 aromatic rings. The monoisotopic (exact) mass is 1910 g/mol. The molecule has 0 bridgehead atoms. The fraction of sp³-hybridized carbons (Fsp3) is 0.329. The van der Waals surface area contributed by atoms with Gasteiger partial charge in [0.05, 0.1) is 5.69 Å². The van der Waals surface area contributed by atoms with Gasteiger partial charge in [0.15, 0.2) is 0 Å². The molecule has 0 N–H and O–H groups in total. The van der Waals surface area contributed by atoms with E-state index in [-0.39, 0.29) is 21.7 Å². The van der Waals surface area contributed by atoms with Crippen molar-refractivity contribution < 1.29 is 8.83 Å². The van der Waals surface area contributed by atoms with E-state index < -0.39 is 16.2 Å². The van der Waals surface area contributed by atoms with Crippen molar-refractivity contribution in [1.29, 1.82) is 0 Å². The zero-order valence-electron chi connectivity index (χ0n) is 89.4. The molecule has 0 radical (unpaired) electrons. The van der Waals surface area contributed by atoms with E-state index in [1.54, 1.807) is 22.3 Å². The second-order valence-electron chi connectivity index (χ2n) is 47.8. The lowest BCUT2D eigenvalue weighted by Crippen LogP contribution is -2.25. The van der Waals surface area contributed by atoms with Gasteiger partial charge in [-0.3, -0.25) is 0 Å². The Labute approximate surface area is 867 Å². The van der Waals surface area contributed by atoms with Gasteiger partial charge >= 0.3 is 0 Å². The summed E-state index contributed by atoms with van der Waals surface area (Å²) in [6.45, 7) is 38.8. The zero-order chi connectivity index (χ0) is 100.0. The molecule has 3 heteroatoms. The van der Waals surface area contributed by atoms with Gasteiger partial charge in [0.2, 0.25) is 0 Å². The summed E-state index contributed by atoms with van der Waals surface area (Å²) in [7, 11) is 0. The van der Waals surface area contributed by atoms with E-state index in [1.165, 1.54) is 360 Å². The Morgan fingerprint density at radius 1 is 0.219 bits per heavy atom. The highest BCUT2D eigenvalue weighted by atomic mass is 16.3. The minimum absolute atomic E-state index is 0.0187. The number of hydrogen-bond donors (Lipinski definition) is 0. The van der Waals surface area contributed by atoms with Crippen molar-refractivity contribution >= 4 is 60.9 Å². The first-order valence-electron chi connectivity index (χ1n) is 56.3. The third kappa shape index (κ3) is 14.2. The third-order valence-corrected chi connectivity index (χ3v) is 37.5. The van der Waals surface area contributed by atoms with E-state index in [2.05, 4.69) is 401 Å². The number of unbranched alkanes of at least 4 members (excludes halogenated alkanes) is 16. The van der Waals surface area contributed by atoms with Crippen LogP contribution < -0.4 is 4.90 Å². The number of benzene rings is 16. The number of rotatable bonds is 31. The predicted octanol–water partition coefficient (Wildman–Crippen LogP) is 41.7. The van der Waals surface area contributed by atoms with Crippen molar-refractivity contribution in [2.24, 2.45) is 0 Å². The van der Waals surface area contributed by atoms with Gasteiger partial charge in [0.1, 0.15) is 22.3 Å². The van der Waals surface area contributed by atoms with Crippen molar-refractivity contribution in [3.63, 3.8) is 0 Å². The molecule has 0 amide bonds. The minimum Gasteiger partial charge on any atom is -0.455 e. The predicted molar refractivity (Wildman–Crippen MR) is 621 cm³/mol. The number of furan rings is 2. The van der Waals surface area contributed by atoms with Crippen LogP contribution in [-0.2, 0) is 37.9 Å². The van der Waals surface area contributed by atoms with Crippen LogP contribution in [0.2, 0.25) is 0 Å². The molecular formula is C143H143NO2. The molecule has 2 aromatic heterocycles. The number of para-hydroxylation sites is 3. The molecule has 7 aliphatic carbocycles.